The number of rotatable bonds is 3. The molecule has 0 spiro atoms. The summed E-state index contributed by atoms with van der Waals surface area (Å²) in [6, 6.07) is 45.3. The Balaban J connectivity index is 1.33. The normalized spacial score (nSPS) is 12.0. The summed E-state index contributed by atoms with van der Waals surface area (Å²) in [4.78, 5) is 15.9. The highest BCUT2D eigenvalue weighted by Gasteiger charge is 2.21. The Morgan fingerprint density at radius 1 is 0.289 bits per heavy atom. The highest BCUT2D eigenvalue weighted by molar-refractivity contribution is 7.26. The van der Waals surface area contributed by atoms with Crippen molar-refractivity contribution in [3.8, 4) is 34.2 Å². The molecule has 0 saturated heterocycles. The molecule has 0 aliphatic carbocycles. The lowest BCUT2D eigenvalue weighted by atomic mass is 10.0. The van der Waals surface area contributed by atoms with Crippen LogP contribution in [-0.2, 0) is 0 Å². The number of benzene rings is 6. The first-order valence-corrected chi connectivity index (χ1v) is 17.2. The van der Waals surface area contributed by atoms with E-state index in [4.69, 9.17) is 15.0 Å². The van der Waals surface area contributed by atoms with Crippen LogP contribution in [0.2, 0.25) is 0 Å². The van der Waals surface area contributed by atoms with Gasteiger partial charge >= 0.3 is 0 Å². The fourth-order valence-electron chi connectivity index (χ4n) is 6.62. The van der Waals surface area contributed by atoms with Crippen molar-refractivity contribution in [2.24, 2.45) is 0 Å². The largest absolute Gasteiger partial charge is 0.208 e. The molecular weight excluding hydrogens is 607 g/mol. The van der Waals surface area contributed by atoms with Crippen LogP contribution >= 0.6 is 34.0 Å². The SMILES string of the molecule is c1ccc2c(c1)sc1cccc(-c3nc(-c4cccc5sc6ccccc6c45)nc(-c4cccc5sc6ccccc6c45)n3)c12. The van der Waals surface area contributed by atoms with Crippen LogP contribution in [0.15, 0.2) is 127 Å². The molecule has 4 aromatic heterocycles. The molecule has 6 aromatic carbocycles. The minimum atomic E-state index is 0.692. The van der Waals surface area contributed by atoms with Crippen LogP contribution in [0, 0.1) is 0 Å². The zero-order chi connectivity index (χ0) is 29.5. The summed E-state index contributed by atoms with van der Waals surface area (Å²) < 4.78 is 7.48. The number of fused-ring (bicyclic) bond motifs is 9. The Morgan fingerprint density at radius 3 is 0.911 bits per heavy atom. The van der Waals surface area contributed by atoms with E-state index in [-0.39, 0.29) is 0 Å². The van der Waals surface area contributed by atoms with Gasteiger partial charge in [0.05, 0.1) is 0 Å². The average molecular weight is 628 g/mol. The molecule has 0 N–H and O–H groups in total. The summed E-state index contributed by atoms with van der Waals surface area (Å²) in [6.07, 6.45) is 0. The Morgan fingerprint density at radius 2 is 0.578 bits per heavy atom. The van der Waals surface area contributed by atoms with Gasteiger partial charge in [-0.05, 0) is 36.4 Å². The molecule has 10 aromatic rings. The van der Waals surface area contributed by atoms with Crippen molar-refractivity contribution >= 4 is 94.5 Å². The summed E-state index contributed by atoms with van der Waals surface area (Å²) in [6.45, 7) is 0. The van der Waals surface area contributed by atoms with Gasteiger partial charge < -0.3 is 0 Å². The van der Waals surface area contributed by atoms with E-state index < -0.39 is 0 Å². The molecule has 210 valence electrons. The van der Waals surface area contributed by atoms with Gasteiger partial charge in [-0.1, -0.05) is 91.0 Å². The van der Waals surface area contributed by atoms with E-state index in [9.17, 15) is 0 Å². The van der Waals surface area contributed by atoms with E-state index >= 15 is 0 Å². The van der Waals surface area contributed by atoms with Crippen LogP contribution in [0.4, 0.5) is 0 Å². The van der Waals surface area contributed by atoms with Crippen molar-refractivity contribution in [1.29, 1.82) is 0 Å². The lowest BCUT2D eigenvalue weighted by Crippen LogP contribution is -2.01. The lowest BCUT2D eigenvalue weighted by molar-refractivity contribution is 1.08. The maximum Gasteiger partial charge on any atom is 0.164 e. The Labute approximate surface area is 269 Å². The predicted octanol–water partition coefficient (Wildman–Crippen LogP) is 12.0. The molecule has 0 atom stereocenters. The lowest BCUT2D eigenvalue weighted by Gasteiger charge is -2.11. The highest BCUT2D eigenvalue weighted by atomic mass is 32.1. The quantitative estimate of drug-likeness (QED) is 0.196. The van der Waals surface area contributed by atoms with E-state index in [2.05, 4.69) is 127 Å². The zero-order valence-electron chi connectivity index (χ0n) is 23.7. The predicted molar refractivity (Wildman–Crippen MR) is 195 cm³/mol. The second-order valence-corrected chi connectivity index (χ2v) is 14.4. The number of nitrogens with zero attached hydrogens (tertiary/aromatic N) is 3. The minimum absolute atomic E-state index is 0.692. The second kappa shape index (κ2) is 9.74. The van der Waals surface area contributed by atoms with E-state index in [0.717, 1.165) is 16.7 Å². The summed E-state index contributed by atoms with van der Waals surface area (Å²) in [5.74, 6) is 2.08. The van der Waals surface area contributed by atoms with E-state index in [1.807, 2.05) is 34.0 Å². The Kier molecular flexibility index (Phi) is 5.49. The van der Waals surface area contributed by atoms with E-state index in [1.54, 1.807) is 0 Å². The van der Waals surface area contributed by atoms with Crippen molar-refractivity contribution in [3.63, 3.8) is 0 Å². The summed E-state index contributed by atoms with van der Waals surface area (Å²) >= 11 is 5.44. The van der Waals surface area contributed by atoms with Crippen LogP contribution < -0.4 is 0 Å². The van der Waals surface area contributed by atoms with Crippen molar-refractivity contribution in [2.75, 3.05) is 0 Å². The van der Waals surface area contributed by atoms with Crippen molar-refractivity contribution in [1.82, 2.24) is 15.0 Å². The van der Waals surface area contributed by atoms with Crippen molar-refractivity contribution in [2.45, 2.75) is 0 Å². The highest BCUT2D eigenvalue weighted by Crippen LogP contribution is 2.43. The summed E-state index contributed by atoms with van der Waals surface area (Å²) in [7, 11) is 0. The third kappa shape index (κ3) is 3.83. The standard InChI is InChI=1S/C39H21N3S3/c1-4-16-28-22(10-1)34-25(13-7-19-31(34)43-28)37-40-38(26-14-8-20-32-35(26)23-11-2-5-17-29(23)44-32)42-39(41-37)27-15-9-21-33-36(27)24-12-3-6-18-30(24)45-33/h1-21H. The maximum atomic E-state index is 5.29. The molecule has 10 rings (SSSR count). The summed E-state index contributed by atoms with van der Waals surface area (Å²) in [5, 5.41) is 7.27. The van der Waals surface area contributed by atoms with Gasteiger partial charge in [-0.15, -0.1) is 34.0 Å². The topological polar surface area (TPSA) is 38.7 Å². The molecule has 6 heteroatoms. The van der Waals surface area contributed by atoms with Gasteiger partial charge in [-0.2, -0.15) is 0 Å². The van der Waals surface area contributed by atoms with Crippen LogP contribution in [0.5, 0.6) is 0 Å². The molecule has 0 radical (unpaired) electrons. The first-order chi connectivity index (χ1) is 22.3. The number of thiophene rings is 3. The molecule has 0 amide bonds. The molecule has 0 saturated carbocycles. The number of aromatic nitrogens is 3. The molecule has 0 bridgehead atoms. The fraction of sp³-hybridized carbons (Fsp3) is 0. The van der Waals surface area contributed by atoms with Gasteiger partial charge in [-0.25, -0.2) is 15.0 Å². The Bertz CT molecular complexity index is 2470. The van der Waals surface area contributed by atoms with Gasteiger partial charge in [0.25, 0.3) is 0 Å². The van der Waals surface area contributed by atoms with E-state index in [0.29, 0.717) is 17.5 Å². The third-order valence-corrected chi connectivity index (χ3v) is 12.0. The fourth-order valence-corrected chi connectivity index (χ4v) is 10.0. The molecular formula is C39H21N3S3. The third-order valence-electron chi connectivity index (χ3n) is 8.57. The van der Waals surface area contributed by atoms with Gasteiger partial charge in [-0.3, -0.25) is 0 Å². The number of hydrogen-bond acceptors (Lipinski definition) is 6. The molecule has 45 heavy (non-hydrogen) atoms. The molecule has 0 fully saturated rings. The first kappa shape index (κ1) is 25.3. The monoisotopic (exact) mass is 627 g/mol. The van der Waals surface area contributed by atoms with Gasteiger partial charge in [0, 0.05) is 77.2 Å². The van der Waals surface area contributed by atoms with Crippen molar-refractivity contribution < 1.29 is 0 Å². The van der Waals surface area contributed by atoms with Crippen LogP contribution in [0.3, 0.4) is 0 Å². The van der Waals surface area contributed by atoms with Crippen LogP contribution in [-0.4, -0.2) is 15.0 Å². The van der Waals surface area contributed by atoms with Crippen LogP contribution in [0.25, 0.3) is 94.7 Å². The van der Waals surface area contributed by atoms with Gasteiger partial charge in [0.15, 0.2) is 17.5 Å². The zero-order valence-corrected chi connectivity index (χ0v) is 26.1. The number of hydrogen-bond donors (Lipinski definition) is 0. The molecule has 0 aliphatic rings. The molecule has 3 nitrogen and oxygen atoms in total. The Hall–Kier alpha value is -5.01. The minimum Gasteiger partial charge on any atom is -0.208 e. The second-order valence-electron chi connectivity index (χ2n) is 11.1. The van der Waals surface area contributed by atoms with Gasteiger partial charge in [0.2, 0.25) is 0 Å². The molecule has 0 aliphatic heterocycles. The molecule has 4 heterocycles. The van der Waals surface area contributed by atoms with Gasteiger partial charge in [0.1, 0.15) is 0 Å². The van der Waals surface area contributed by atoms with E-state index in [1.165, 1.54) is 60.5 Å². The maximum absolute atomic E-state index is 5.29. The smallest absolute Gasteiger partial charge is 0.164 e. The average Bonchev–Trinajstić information content (AvgIpc) is 3.79. The van der Waals surface area contributed by atoms with Crippen molar-refractivity contribution in [3.05, 3.63) is 127 Å². The summed E-state index contributed by atoms with van der Waals surface area (Å²) in [5.41, 5.74) is 3.08. The molecule has 0 unspecified atom stereocenters. The van der Waals surface area contributed by atoms with Crippen LogP contribution in [0.1, 0.15) is 0 Å². The first-order valence-electron chi connectivity index (χ1n) is 14.8.